The second-order valence-corrected chi connectivity index (χ2v) is 7.49. The van der Waals surface area contributed by atoms with Crippen molar-refractivity contribution in [3.63, 3.8) is 0 Å². The van der Waals surface area contributed by atoms with Gasteiger partial charge in [-0.15, -0.1) is 24.0 Å². The molecule has 1 aliphatic heterocycles. The summed E-state index contributed by atoms with van der Waals surface area (Å²) in [4.78, 5) is 6.75. The van der Waals surface area contributed by atoms with Crippen LogP contribution in [0.15, 0.2) is 11.2 Å². The molecule has 0 radical (unpaired) electrons. The van der Waals surface area contributed by atoms with E-state index < -0.39 is 11.9 Å². The van der Waals surface area contributed by atoms with Gasteiger partial charge in [-0.2, -0.15) is 18.3 Å². The molecule has 160 valence electrons. The maximum atomic E-state index is 13.1. The highest BCUT2D eigenvalue weighted by Gasteiger charge is 2.36. The summed E-state index contributed by atoms with van der Waals surface area (Å²) in [6.45, 7) is 2.17. The zero-order chi connectivity index (χ0) is 19.4. The number of nitrogens with one attached hydrogen (secondary N) is 2. The van der Waals surface area contributed by atoms with Crippen LogP contribution in [0.3, 0.4) is 0 Å². The van der Waals surface area contributed by atoms with Crippen molar-refractivity contribution in [2.45, 2.75) is 63.3 Å². The van der Waals surface area contributed by atoms with Gasteiger partial charge in [-0.3, -0.25) is 9.67 Å². The van der Waals surface area contributed by atoms with Gasteiger partial charge in [-0.05, 0) is 25.7 Å². The molecule has 0 bridgehead atoms. The Morgan fingerprint density at radius 3 is 2.43 bits per heavy atom. The normalized spacial score (nSPS) is 20.2. The summed E-state index contributed by atoms with van der Waals surface area (Å²) in [7, 11) is 3.13. The van der Waals surface area contributed by atoms with E-state index in [0.717, 1.165) is 32.0 Å². The minimum atomic E-state index is -4.46. The molecule has 2 fully saturated rings. The molecule has 3 rings (SSSR count). The Kier molecular flexibility index (Phi) is 8.41. The fourth-order valence-electron chi connectivity index (χ4n) is 4.15. The highest BCUT2D eigenvalue weighted by atomic mass is 127. The molecule has 0 atom stereocenters. The fraction of sp³-hybridized carbons (Fsp3) is 0.778. The molecule has 0 unspecified atom stereocenters. The molecular weight excluding hydrogens is 484 g/mol. The third-order valence-electron chi connectivity index (χ3n) is 5.55. The molecule has 6 nitrogen and oxygen atoms in total. The SMILES string of the molecule is CN=C(NCc1cn(C)nc1C(F)(F)F)NC1CCN(C2CCCC2)CC1.I. The summed E-state index contributed by atoms with van der Waals surface area (Å²) in [6, 6.07) is 1.04. The van der Waals surface area contributed by atoms with Gasteiger partial charge in [0.25, 0.3) is 0 Å². The molecule has 1 aliphatic carbocycles. The average Bonchev–Trinajstić information content (AvgIpc) is 3.28. The lowest BCUT2D eigenvalue weighted by Gasteiger charge is -2.36. The van der Waals surface area contributed by atoms with E-state index >= 15 is 0 Å². The van der Waals surface area contributed by atoms with Gasteiger partial charge in [0, 0.05) is 57.6 Å². The Balaban J connectivity index is 0.00000280. The molecule has 2 heterocycles. The summed E-state index contributed by atoms with van der Waals surface area (Å²) < 4.78 is 40.3. The largest absolute Gasteiger partial charge is 0.435 e. The second-order valence-electron chi connectivity index (χ2n) is 7.49. The van der Waals surface area contributed by atoms with Crippen molar-refractivity contribution in [3.8, 4) is 0 Å². The van der Waals surface area contributed by atoms with Gasteiger partial charge >= 0.3 is 6.18 Å². The van der Waals surface area contributed by atoms with Crippen LogP contribution < -0.4 is 10.6 Å². The van der Waals surface area contributed by atoms with E-state index in [0.29, 0.717) is 12.0 Å². The van der Waals surface area contributed by atoms with Crippen LogP contribution in [0.1, 0.15) is 49.8 Å². The van der Waals surface area contributed by atoms with E-state index in [1.807, 2.05) is 0 Å². The highest BCUT2D eigenvalue weighted by molar-refractivity contribution is 14.0. The van der Waals surface area contributed by atoms with Gasteiger partial charge in [-0.1, -0.05) is 12.8 Å². The number of alkyl halides is 3. The van der Waals surface area contributed by atoms with Gasteiger partial charge in [0.05, 0.1) is 0 Å². The van der Waals surface area contributed by atoms with Crippen molar-refractivity contribution in [3.05, 3.63) is 17.5 Å². The lowest BCUT2D eigenvalue weighted by atomic mass is 10.0. The topological polar surface area (TPSA) is 57.5 Å². The molecule has 1 aromatic rings. The standard InChI is InChI=1S/C18H29F3N6.HI/c1-22-17(23-11-13-12-26(2)25-16(13)18(19,20)21)24-14-7-9-27(10-8-14)15-5-3-4-6-15;/h12,14-15H,3-11H2,1-2H3,(H2,22,23,24);1H. The van der Waals surface area contributed by atoms with E-state index in [1.54, 1.807) is 7.05 Å². The van der Waals surface area contributed by atoms with Crippen molar-refractivity contribution < 1.29 is 13.2 Å². The molecule has 1 saturated carbocycles. The molecule has 28 heavy (non-hydrogen) atoms. The number of nitrogens with zero attached hydrogens (tertiary/aromatic N) is 4. The fourth-order valence-corrected chi connectivity index (χ4v) is 4.15. The second kappa shape index (κ2) is 10.1. The zero-order valence-electron chi connectivity index (χ0n) is 16.4. The lowest BCUT2D eigenvalue weighted by Crippen LogP contribution is -2.50. The van der Waals surface area contributed by atoms with E-state index in [2.05, 4.69) is 25.6 Å². The third-order valence-corrected chi connectivity index (χ3v) is 5.55. The number of rotatable bonds is 4. The van der Waals surface area contributed by atoms with Crippen LogP contribution in [0, 0.1) is 0 Å². The van der Waals surface area contributed by atoms with Crippen LogP contribution in [0.25, 0.3) is 0 Å². The first-order chi connectivity index (χ1) is 12.9. The summed E-state index contributed by atoms with van der Waals surface area (Å²) in [6.07, 6.45) is 4.30. The molecule has 1 aromatic heterocycles. The average molecular weight is 514 g/mol. The Morgan fingerprint density at radius 2 is 1.86 bits per heavy atom. The summed E-state index contributed by atoms with van der Waals surface area (Å²) in [5.41, 5.74) is -0.734. The van der Waals surface area contributed by atoms with Gasteiger partial charge in [0.15, 0.2) is 11.7 Å². The molecule has 0 aromatic carbocycles. The monoisotopic (exact) mass is 514 g/mol. The minimum absolute atomic E-state index is 0. The number of guanidine groups is 1. The maximum absolute atomic E-state index is 13.1. The number of hydrogen-bond acceptors (Lipinski definition) is 3. The van der Waals surface area contributed by atoms with Gasteiger partial charge in [-0.25, -0.2) is 0 Å². The Morgan fingerprint density at radius 1 is 1.21 bits per heavy atom. The molecule has 0 amide bonds. The number of piperidine rings is 1. The molecular formula is C18H30F3IN6. The Hall–Kier alpha value is -1.04. The minimum Gasteiger partial charge on any atom is -0.354 e. The number of hydrogen-bond donors (Lipinski definition) is 2. The molecule has 0 spiro atoms. The van der Waals surface area contributed by atoms with Gasteiger partial charge < -0.3 is 15.5 Å². The lowest BCUT2D eigenvalue weighted by molar-refractivity contribution is -0.142. The molecule has 1 saturated heterocycles. The first-order valence-corrected chi connectivity index (χ1v) is 9.67. The number of aliphatic imine (C=N–C) groups is 1. The van der Waals surface area contributed by atoms with Crippen LogP contribution in [-0.2, 0) is 19.8 Å². The Bertz CT molecular complexity index is 646. The van der Waals surface area contributed by atoms with Crippen LogP contribution in [0.5, 0.6) is 0 Å². The van der Waals surface area contributed by atoms with Crippen molar-refractivity contribution in [1.29, 1.82) is 0 Å². The zero-order valence-corrected chi connectivity index (χ0v) is 18.8. The van der Waals surface area contributed by atoms with Crippen LogP contribution in [0.2, 0.25) is 0 Å². The quantitative estimate of drug-likeness (QED) is 0.369. The van der Waals surface area contributed by atoms with Crippen molar-refractivity contribution in [2.24, 2.45) is 12.0 Å². The number of likely N-dealkylation sites (tertiary alicyclic amines) is 1. The van der Waals surface area contributed by atoms with Gasteiger partial charge in [0.2, 0.25) is 0 Å². The molecule has 2 N–H and O–H groups in total. The summed E-state index contributed by atoms with van der Waals surface area (Å²) >= 11 is 0. The van der Waals surface area contributed by atoms with Crippen LogP contribution in [-0.4, -0.2) is 52.9 Å². The van der Waals surface area contributed by atoms with Crippen molar-refractivity contribution in [2.75, 3.05) is 20.1 Å². The van der Waals surface area contributed by atoms with Crippen LogP contribution in [0.4, 0.5) is 13.2 Å². The maximum Gasteiger partial charge on any atom is 0.435 e. The third kappa shape index (κ3) is 5.98. The smallest absolute Gasteiger partial charge is 0.354 e. The predicted octanol–water partition coefficient (Wildman–Crippen LogP) is 3.13. The Labute approximate surface area is 181 Å². The molecule has 2 aliphatic rings. The summed E-state index contributed by atoms with van der Waals surface area (Å²) in [5.74, 6) is 0.534. The van der Waals surface area contributed by atoms with E-state index in [-0.39, 0.29) is 36.1 Å². The first kappa shape index (κ1) is 23.2. The number of aromatic nitrogens is 2. The highest BCUT2D eigenvalue weighted by Crippen LogP contribution is 2.30. The predicted molar refractivity (Wildman–Crippen MR) is 114 cm³/mol. The van der Waals surface area contributed by atoms with E-state index in [9.17, 15) is 13.2 Å². The summed E-state index contributed by atoms with van der Waals surface area (Å²) in [5, 5.41) is 9.89. The first-order valence-electron chi connectivity index (χ1n) is 9.67. The van der Waals surface area contributed by atoms with Gasteiger partial charge in [0.1, 0.15) is 0 Å². The molecule has 10 heteroatoms. The van der Waals surface area contributed by atoms with Crippen molar-refractivity contribution in [1.82, 2.24) is 25.3 Å². The van der Waals surface area contributed by atoms with E-state index in [4.69, 9.17) is 0 Å². The van der Waals surface area contributed by atoms with E-state index in [1.165, 1.54) is 43.6 Å². The number of halogens is 4. The van der Waals surface area contributed by atoms with Crippen LogP contribution >= 0.6 is 24.0 Å². The van der Waals surface area contributed by atoms with Crippen molar-refractivity contribution >= 4 is 29.9 Å². The number of aryl methyl sites for hydroxylation is 1.